The predicted octanol–water partition coefficient (Wildman–Crippen LogP) is 3.02. The molecule has 3 rings (SSSR count). The smallest absolute Gasteiger partial charge is 0.264 e. The molecule has 1 atom stereocenters. The highest BCUT2D eigenvalue weighted by Gasteiger charge is 2.50. The number of carbonyl (C=O) groups excluding carboxylic acids is 2. The Balaban J connectivity index is 2.06. The highest BCUT2D eigenvalue weighted by Crippen LogP contribution is 2.44. The molecule has 2 aromatic rings. The van der Waals surface area contributed by atoms with Crippen molar-refractivity contribution in [2.75, 3.05) is 4.90 Å². The molecule has 0 aliphatic carbocycles. The Hall–Kier alpha value is -2.46. The molecule has 0 radical (unpaired) electrons. The van der Waals surface area contributed by atoms with Gasteiger partial charge in [-0.3, -0.25) is 9.59 Å². The average molecular weight is 323 g/mol. The van der Waals surface area contributed by atoms with Gasteiger partial charge in [0.05, 0.1) is 12.2 Å². The van der Waals surface area contributed by atoms with Crippen LogP contribution in [-0.4, -0.2) is 16.8 Å². The SMILES string of the molecule is CC(=O)C[C@]1(O)C(=O)N(Cc2ccc(C)cc2)c2c(C)cccc21. The third-order valence-electron chi connectivity index (χ3n) is 4.52. The lowest BCUT2D eigenvalue weighted by Crippen LogP contribution is -2.41. The van der Waals surface area contributed by atoms with Crippen molar-refractivity contribution >= 4 is 17.4 Å². The number of Topliss-reactive ketones (excluding diaryl/α,β-unsaturated/α-hetero) is 1. The number of aryl methyl sites for hydroxylation is 2. The van der Waals surface area contributed by atoms with E-state index in [9.17, 15) is 14.7 Å². The summed E-state index contributed by atoms with van der Waals surface area (Å²) in [6.45, 7) is 5.68. The largest absolute Gasteiger partial charge is 0.375 e. The topological polar surface area (TPSA) is 57.6 Å². The number of ketones is 1. The molecule has 1 aliphatic rings. The third-order valence-corrected chi connectivity index (χ3v) is 4.52. The van der Waals surface area contributed by atoms with Crippen molar-refractivity contribution < 1.29 is 14.7 Å². The number of hydrogen-bond acceptors (Lipinski definition) is 3. The third kappa shape index (κ3) is 2.63. The second-order valence-electron chi connectivity index (χ2n) is 6.59. The van der Waals surface area contributed by atoms with E-state index in [1.807, 2.05) is 50.2 Å². The van der Waals surface area contributed by atoms with Gasteiger partial charge in [0.25, 0.3) is 5.91 Å². The number of anilines is 1. The average Bonchev–Trinajstić information content (AvgIpc) is 2.72. The van der Waals surface area contributed by atoms with Crippen LogP contribution in [0.1, 0.15) is 35.6 Å². The van der Waals surface area contributed by atoms with E-state index in [4.69, 9.17) is 0 Å². The van der Waals surface area contributed by atoms with Crippen LogP contribution in [0.15, 0.2) is 42.5 Å². The Morgan fingerprint density at radius 1 is 1.12 bits per heavy atom. The van der Waals surface area contributed by atoms with Crippen LogP contribution in [0.5, 0.6) is 0 Å². The minimum atomic E-state index is -1.77. The van der Waals surface area contributed by atoms with Gasteiger partial charge < -0.3 is 10.0 Å². The van der Waals surface area contributed by atoms with Crippen molar-refractivity contribution in [2.45, 2.75) is 39.3 Å². The molecule has 2 aromatic carbocycles. The fourth-order valence-corrected chi connectivity index (χ4v) is 3.35. The molecule has 4 nitrogen and oxygen atoms in total. The van der Waals surface area contributed by atoms with E-state index in [1.54, 1.807) is 11.0 Å². The van der Waals surface area contributed by atoms with Crippen molar-refractivity contribution in [3.63, 3.8) is 0 Å². The van der Waals surface area contributed by atoms with Crippen LogP contribution in [-0.2, 0) is 21.7 Å². The molecule has 1 aliphatic heterocycles. The van der Waals surface area contributed by atoms with Crippen molar-refractivity contribution in [3.05, 3.63) is 64.7 Å². The van der Waals surface area contributed by atoms with Gasteiger partial charge in [0, 0.05) is 12.0 Å². The number of para-hydroxylation sites is 1. The summed E-state index contributed by atoms with van der Waals surface area (Å²) in [7, 11) is 0. The molecule has 4 heteroatoms. The molecule has 0 saturated carbocycles. The van der Waals surface area contributed by atoms with Gasteiger partial charge in [0.1, 0.15) is 5.78 Å². The molecular weight excluding hydrogens is 302 g/mol. The first kappa shape index (κ1) is 16.4. The number of amides is 1. The number of hydrogen-bond donors (Lipinski definition) is 1. The minimum absolute atomic E-state index is 0.202. The number of fused-ring (bicyclic) bond motifs is 1. The van der Waals surface area contributed by atoms with E-state index < -0.39 is 11.5 Å². The van der Waals surface area contributed by atoms with E-state index in [2.05, 4.69) is 0 Å². The van der Waals surface area contributed by atoms with Crippen LogP contribution in [0.2, 0.25) is 0 Å². The van der Waals surface area contributed by atoms with Crippen LogP contribution >= 0.6 is 0 Å². The highest BCUT2D eigenvalue weighted by molar-refractivity contribution is 6.09. The van der Waals surface area contributed by atoms with Crippen LogP contribution in [0.3, 0.4) is 0 Å². The molecule has 1 amide bonds. The number of nitrogens with zero attached hydrogens (tertiary/aromatic N) is 1. The lowest BCUT2D eigenvalue weighted by Gasteiger charge is -2.22. The second-order valence-corrected chi connectivity index (χ2v) is 6.59. The van der Waals surface area contributed by atoms with E-state index >= 15 is 0 Å². The monoisotopic (exact) mass is 323 g/mol. The zero-order valence-electron chi connectivity index (χ0n) is 14.2. The van der Waals surface area contributed by atoms with E-state index in [0.29, 0.717) is 17.8 Å². The van der Waals surface area contributed by atoms with Gasteiger partial charge >= 0.3 is 0 Å². The van der Waals surface area contributed by atoms with E-state index in [1.165, 1.54) is 6.92 Å². The molecule has 0 spiro atoms. The minimum Gasteiger partial charge on any atom is -0.375 e. The van der Waals surface area contributed by atoms with Crippen LogP contribution in [0, 0.1) is 13.8 Å². The van der Waals surface area contributed by atoms with Crippen molar-refractivity contribution in [2.24, 2.45) is 0 Å². The Kier molecular flexibility index (Phi) is 4.01. The fourth-order valence-electron chi connectivity index (χ4n) is 3.35. The van der Waals surface area contributed by atoms with Gasteiger partial charge in [0.2, 0.25) is 0 Å². The summed E-state index contributed by atoms with van der Waals surface area (Å²) in [5, 5.41) is 11.0. The first-order chi connectivity index (χ1) is 11.3. The predicted molar refractivity (Wildman–Crippen MR) is 92.7 cm³/mol. The zero-order chi connectivity index (χ0) is 17.5. The van der Waals surface area contributed by atoms with Crippen LogP contribution in [0.25, 0.3) is 0 Å². The summed E-state index contributed by atoms with van der Waals surface area (Å²) in [6.07, 6.45) is -0.202. The Labute approximate surface area is 141 Å². The summed E-state index contributed by atoms with van der Waals surface area (Å²) >= 11 is 0. The molecule has 0 saturated heterocycles. The summed E-state index contributed by atoms with van der Waals surface area (Å²) < 4.78 is 0. The molecule has 0 unspecified atom stereocenters. The second kappa shape index (κ2) is 5.87. The Morgan fingerprint density at radius 2 is 1.79 bits per heavy atom. The fraction of sp³-hybridized carbons (Fsp3) is 0.300. The van der Waals surface area contributed by atoms with Gasteiger partial charge in [-0.05, 0) is 31.9 Å². The van der Waals surface area contributed by atoms with Crippen molar-refractivity contribution in [1.82, 2.24) is 0 Å². The van der Waals surface area contributed by atoms with Crippen molar-refractivity contribution in [1.29, 1.82) is 0 Å². The zero-order valence-corrected chi connectivity index (χ0v) is 14.2. The molecule has 1 heterocycles. The Bertz CT molecular complexity index is 810. The van der Waals surface area contributed by atoms with E-state index in [0.717, 1.165) is 16.7 Å². The summed E-state index contributed by atoms with van der Waals surface area (Å²) in [5.74, 6) is -0.641. The normalized spacial score (nSPS) is 19.5. The van der Waals surface area contributed by atoms with E-state index in [-0.39, 0.29) is 12.2 Å². The molecule has 0 aromatic heterocycles. The van der Waals surface area contributed by atoms with Gasteiger partial charge in [0.15, 0.2) is 5.60 Å². The summed E-state index contributed by atoms with van der Waals surface area (Å²) in [4.78, 5) is 26.2. The number of carbonyl (C=O) groups is 2. The van der Waals surface area contributed by atoms with Gasteiger partial charge in [-0.1, -0.05) is 48.0 Å². The Morgan fingerprint density at radius 3 is 2.42 bits per heavy atom. The lowest BCUT2D eigenvalue weighted by atomic mass is 9.89. The first-order valence-electron chi connectivity index (χ1n) is 8.02. The van der Waals surface area contributed by atoms with Crippen LogP contribution in [0.4, 0.5) is 5.69 Å². The van der Waals surface area contributed by atoms with Gasteiger partial charge in [-0.2, -0.15) is 0 Å². The highest BCUT2D eigenvalue weighted by atomic mass is 16.3. The quantitative estimate of drug-likeness (QED) is 0.941. The molecule has 24 heavy (non-hydrogen) atoms. The molecule has 0 bridgehead atoms. The summed E-state index contributed by atoms with van der Waals surface area (Å²) in [5.41, 5.74) is 2.51. The summed E-state index contributed by atoms with van der Waals surface area (Å²) in [6, 6.07) is 13.4. The van der Waals surface area contributed by atoms with Gasteiger partial charge in [-0.25, -0.2) is 0 Å². The maximum absolute atomic E-state index is 13.0. The molecular formula is C20H21NO3. The van der Waals surface area contributed by atoms with Crippen LogP contribution < -0.4 is 4.90 Å². The lowest BCUT2D eigenvalue weighted by molar-refractivity contribution is -0.141. The molecule has 124 valence electrons. The number of rotatable bonds is 4. The standard InChI is InChI=1S/C20H21NO3/c1-13-7-9-16(10-8-13)12-21-18-14(2)5-4-6-17(18)20(24,19(21)23)11-15(3)22/h4-10,24H,11-12H2,1-3H3/t20-/m1/s1. The van der Waals surface area contributed by atoms with Gasteiger partial charge in [-0.15, -0.1) is 0 Å². The maximum Gasteiger partial charge on any atom is 0.264 e. The molecule has 0 fully saturated rings. The molecule has 1 N–H and O–H groups in total. The number of benzene rings is 2. The van der Waals surface area contributed by atoms with Crippen molar-refractivity contribution in [3.8, 4) is 0 Å². The maximum atomic E-state index is 13.0. The number of aliphatic hydroxyl groups is 1. The first-order valence-corrected chi connectivity index (χ1v) is 8.02.